The van der Waals surface area contributed by atoms with Gasteiger partial charge in [0.25, 0.3) is 0 Å². The minimum Gasteiger partial charge on any atom is -0.0683 e. The highest BCUT2D eigenvalue weighted by molar-refractivity contribution is 5.70. The monoisotopic (exact) mass is 256 g/mol. The predicted octanol–water partition coefficient (Wildman–Crippen LogP) is 6.33. The highest BCUT2D eigenvalue weighted by Crippen LogP contribution is 2.27. The number of rotatable bonds is 1. The minimum absolute atomic E-state index is 1.32. The zero-order chi connectivity index (χ0) is 14.8. The van der Waals surface area contributed by atoms with Gasteiger partial charge in [0, 0.05) is 0 Å². The fraction of sp³-hybridized carbons (Fsp3) is 0.368. The average molecular weight is 256 g/mol. The van der Waals surface area contributed by atoms with Gasteiger partial charge in [0.15, 0.2) is 0 Å². The number of benzene rings is 2. The van der Waals surface area contributed by atoms with Crippen molar-refractivity contribution in [1.82, 2.24) is 0 Å². The summed E-state index contributed by atoms with van der Waals surface area (Å²) in [6.07, 6.45) is 0. The molecule has 0 radical (unpaired) electrons. The Hall–Kier alpha value is -1.56. The smallest absolute Gasteiger partial charge is 0.0149 e. The van der Waals surface area contributed by atoms with Crippen LogP contribution in [0.5, 0.6) is 0 Å². The first-order chi connectivity index (χ1) is 9.18. The molecule has 2 aromatic carbocycles. The average Bonchev–Trinajstić information content (AvgIpc) is 2.47. The zero-order valence-corrected chi connectivity index (χ0v) is 13.5. The maximum Gasteiger partial charge on any atom is -0.0149 e. The molecular formula is C19H28. The normalized spacial score (nSPS) is 8.79. The van der Waals surface area contributed by atoms with Gasteiger partial charge in [-0.3, -0.25) is 0 Å². The van der Waals surface area contributed by atoms with Crippen LogP contribution in [0.3, 0.4) is 0 Å². The molecule has 2 aromatic rings. The molecule has 0 aliphatic carbocycles. The molecule has 0 saturated carbocycles. The summed E-state index contributed by atoms with van der Waals surface area (Å²) >= 11 is 0. The van der Waals surface area contributed by atoms with Gasteiger partial charge < -0.3 is 0 Å². The van der Waals surface area contributed by atoms with Gasteiger partial charge in [-0.05, 0) is 43.0 Å². The van der Waals surface area contributed by atoms with Crippen molar-refractivity contribution in [3.63, 3.8) is 0 Å². The van der Waals surface area contributed by atoms with E-state index in [1.165, 1.54) is 27.8 Å². The van der Waals surface area contributed by atoms with Crippen LogP contribution in [0.15, 0.2) is 42.5 Å². The van der Waals surface area contributed by atoms with E-state index >= 15 is 0 Å². The van der Waals surface area contributed by atoms with Crippen molar-refractivity contribution < 1.29 is 0 Å². The lowest BCUT2D eigenvalue weighted by molar-refractivity contribution is 1.37. The third-order valence-electron chi connectivity index (χ3n) is 2.83. The highest BCUT2D eigenvalue weighted by Gasteiger charge is 2.03. The van der Waals surface area contributed by atoms with Gasteiger partial charge in [-0.15, -0.1) is 0 Å². The molecule has 0 aliphatic rings. The molecule has 0 N–H and O–H groups in total. The molecule has 0 heterocycles. The molecule has 0 fully saturated rings. The Morgan fingerprint density at radius 1 is 0.579 bits per heavy atom. The van der Waals surface area contributed by atoms with Crippen molar-refractivity contribution in [2.75, 3.05) is 0 Å². The molecule has 0 heteroatoms. The van der Waals surface area contributed by atoms with E-state index in [4.69, 9.17) is 0 Å². The molecule has 0 spiro atoms. The summed E-state index contributed by atoms with van der Waals surface area (Å²) in [7, 11) is 0. The van der Waals surface area contributed by atoms with E-state index in [0.29, 0.717) is 0 Å². The lowest BCUT2D eigenvalue weighted by Gasteiger charge is -2.09. The van der Waals surface area contributed by atoms with Crippen LogP contribution in [-0.2, 0) is 0 Å². The standard InChI is InChI=1S/C15H16.2C2H6/c1-11-8-9-13(3)15(10-11)14-7-5-4-6-12(14)2;2*1-2/h4-10H,1-3H3;2*1-2H3. The summed E-state index contributed by atoms with van der Waals surface area (Å²) in [4.78, 5) is 0. The first-order valence-corrected chi connectivity index (χ1v) is 7.32. The topological polar surface area (TPSA) is 0 Å². The summed E-state index contributed by atoms with van der Waals surface area (Å²) in [5.41, 5.74) is 6.70. The van der Waals surface area contributed by atoms with Crippen LogP contribution >= 0.6 is 0 Å². The SMILES string of the molecule is CC.CC.Cc1ccc(C)c(-c2ccccc2C)c1. The Labute approximate surface area is 119 Å². The van der Waals surface area contributed by atoms with E-state index in [1.807, 2.05) is 27.7 Å². The number of hydrogen-bond donors (Lipinski definition) is 0. The van der Waals surface area contributed by atoms with Gasteiger partial charge in [-0.2, -0.15) is 0 Å². The van der Waals surface area contributed by atoms with Crippen molar-refractivity contribution in [3.8, 4) is 11.1 Å². The zero-order valence-electron chi connectivity index (χ0n) is 13.5. The number of aryl methyl sites for hydroxylation is 3. The Balaban J connectivity index is 0.000000741. The van der Waals surface area contributed by atoms with Crippen LogP contribution in [0.25, 0.3) is 11.1 Å². The van der Waals surface area contributed by atoms with Gasteiger partial charge >= 0.3 is 0 Å². The summed E-state index contributed by atoms with van der Waals surface area (Å²) in [6, 6.07) is 15.2. The number of hydrogen-bond acceptors (Lipinski definition) is 0. The second-order valence-electron chi connectivity index (χ2n) is 4.13. The van der Waals surface area contributed by atoms with Crippen molar-refractivity contribution in [2.24, 2.45) is 0 Å². The predicted molar refractivity (Wildman–Crippen MR) is 88.8 cm³/mol. The fourth-order valence-electron chi connectivity index (χ4n) is 1.90. The molecule has 0 aliphatic heterocycles. The van der Waals surface area contributed by atoms with Crippen LogP contribution in [0, 0.1) is 20.8 Å². The van der Waals surface area contributed by atoms with Crippen LogP contribution < -0.4 is 0 Å². The van der Waals surface area contributed by atoms with Gasteiger partial charge in [-0.25, -0.2) is 0 Å². The first kappa shape index (κ1) is 17.4. The molecule has 0 saturated heterocycles. The molecule has 104 valence electrons. The third kappa shape index (κ3) is 4.90. The van der Waals surface area contributed by atoms with Crippen molar-refractivity contribution in [2.45, 2.75) is 48.5 Å². The molecular weight excluding hydrogens is 228 g/mol. The quantitative estimate of drug-likeness (QED) is 0.559. The summed E-state index contributed by atoms with van der Waals surface area (Å²) in [5, 5.41) is 0. The Bertz CT molecular complexity index is 481. The molecule has 2 rings (SSSR count). The molecule has 19 heavy (non-hydrogen) atoms. The van der Waals surface area contributed by atoms with Gasteiger partial charge in [0.2, 0.25) is 0 Å². The van der Waals surface area contributed by atoms with E-state index in [1.54, 1.807) is 0 Å². The van der Waals surface area contributed by atoms with Crippen molar-refractivity contribution >= 4 is 0 Å². The minimum atomic E-state index is 1.32. The summed E-state index contributed by atoms with van der Waals surface area (Å²) in [5.74, 6) is 0. The van der Waals surface area contributed by atoms with Gasteiger partial charge in [0.05, 0.1) is 0 Å². The van der Waals surface area contributed by atoms with Crippen LogP contribution in [0.4, 0.5) is 0 Å². The van der Waals surface area contributed by atoms with E-state index in [2.05, 4.69) is 63.2 Å². The maximum atomic E-state index is 2.26. The van der Waals surface area contributed by atoms with Crippen LogP contribution in [-0.4, -0.2) is 0 Å². The Kier molecular flexibility index (Phi) is 8.61. The van der Waals surface area contributed by atoms with Gasteiger partial charge in [-0.1, -0.05) is 75.7 Å². The molecule has 0 bridgehead atoms. The lowest BCUT2D eigenvalue weighted by atomic mass is 9.95. The molecule has 0 unspecified atom stereocenters. The lowest BCUT2D eigenvalue weighted by Crippen LogP contribution is -1.87. The summed E-state index contributed by atoms with van der Waals surface area (Å²) < 4.78 is 0. The largest absolute Gasteiger partial charge is 0.0683 e. The van der Waals surface area contributed by atoms with Gasteiger partial charge in [0.1, 0.15) is 0 Å². The van der Waals surface area contributed by atoms with E-state index < -0.39 is 0 Å². The maximum absolute atomic E-state index is 2.26. The first-order valence-electron chi connectivity index (χ1n) is 7.32. The highest BCUT2D eigenvalue weighted by atomic mass is 14.1. The van der Waals surface area contributed by atoms with Crippen LogP contribution in [0.1, 0.15) is 44.4 Å². The molecule has 0 nitrogen and oxygen atoms in total. The summed E-state index contributed by atoms with van der Waals surface area (Å²) in [6.45, 7) is 14.5. The second kappa shape index (κ2) is 9.38. The van der Waals surface area contributed by atoms with E-state index in [-0.39, 0.29) is 0 Å². The van der Waals surface area contributed by atoms with Crippen molar-refractivity contribution in [1.29, 1.82) is 0 Å². The Morgan fingerprint density at radius 3 is 1.68 bits per heavy atom. The second-order valence-corrected chi connectivity index (χ2v) is 4.13. The molecule has 0 aromatic heterocycles. The van der Waals surface area contributed by atoms with E-state index in [9.17, 15) is 0 Å². The molecule has 0 amide bonds. The Morgan fingerprint density at radius 2 is 1.11 bits per heavy atom. The molecule has 0 atom stereocenters. The van der Waals surface area contributed by atoms with E-state index in [0.717, 1.165) is 0 Å². The third-order valence-corrected chi connectivity index (χ3v) is 2.83. The van der Waals surface area contributed by atoms with Crippen LogP contribution in [0.2, 0.25) is 0 Å². The van der Waals surface area contributed by atoms with Crippen molar-refractivity contribution in [3.05, 3.63) is 59.2 Å². The fourth-order valence-corrected chi connectivity index (χ4v) is 1.90.